The number of anilines is 1. The maximum Gasteiger partial charge on any atom is 0.416 e. The van der Waals surface area contributed by atoms with Crippen molar-refractivity contribution in [1.29, 1.82) is 0 Å². The van der Waals surface area contributed by atoms with Gasteiger partial charge in [0.15, 0.2) is 6.54 Å². The number of alkyl halides is 3. The molecule has 1 saturated carbocycles. The Morgan fingerprint density at radius 1 is 1.02 bits per heavy atom. The van der Waals surface area contributed by atoms with Crippen molar-refractivity contribution in [1.82, 2.24) is 9.88 Å². The average Bonchev–Trinajstić information content (AvgIpc) is 2.87. The number of nitrogens with zero attached hydrogens (tertiary/aromatic N) is 3. The molecule has 3 atom stereocenters. The Bertz CT molecular complexity index is 1280. The van der Waals surface area contributed by atoms with Gasteiger partial charge in [0.2, 0.25) is 5.91 Å². The van der Waals surface area contributed by atoms with Crippen molar-refractivity contribution in [3.8, 4) is 0 Å². The van der Waals surface area contributed by atoms with Crippen molar-refractivity contribution in [2.75, 3.05) is 25.0 Å². The minimum atomic E-state index is -4.87. The predicted octanol–water partition coefficient (Wildman–Crippen LogP) is 3.33. The van der Waals surface area contributed by atoms with Crippen LogP contribution >= 0.6 is 0 Å². The van der Waals surface area contributed by atoms with Crippen molar-refractivity contribution < 1.29 is 52.2 Å². The number of benzene rings is 1. The number of carboxylic acid groups (broad SMARTS) is 3. The van der Waals surface area contributed by atoms with Gasteiger partial charge in [-0.1, -0.05) is 12.5 Å². The molecule has 222 valence electrons. The summed E-state index contributed by atoms with van der Waals surface area (Å²) in [6.45, 7) is -1.42. The molecule has 1 fully saturated rings. The summed E-state index contributed by atoms with van der Waals surface area (Å²) in [5, 5.41) is 30.8. The molecule has 1 amide bonds. The molecular weight excluding hydrogens is 549 g/mol. The van der Waals surface area contributed by atoms with Crippen LogP contribution in [0.4, 0.5) is 18.9 Å². The molecule has 0 aliphatic heterocycles. The average molecular weight is 581 g/mol. The van der Waals surface area contributed by atoms with E-state index in [0.29, 0.717) is 43.5 Å². The molecule has 4 N–H and O–H groups in total. The summed E-state index contributed by atoms with van der Waals surface area (Å²) >= 11 is 0. The van der Waals surface area contributed by atoms with Crippen LogP contribution in [0.15, 0.2) is 42.6 Å². The molecule has 1 aliphatic carbocycles. The van der Waals surface area contributed by atoms with Crippen LogP contribution in [0, 0.1) is 7.05 Å². The van der Waals surface area contributed by atoms with Crippen LogP contribution < -0.4 is 5.32 Å². The first-order chi connectivity index (χ1) is 19.2. The molecule has 0 saturated heterocycles. The number of pyridine rings is 1. The number of carbonyl (C=O) groups is 4. The minimum Gasteiger partial charge on any atom is -0.480 e. The maximum absolute atomic E-state index is 13.3. The minimum absolute atomic E-state index is 0.129. The molecule has 0 radical (unpaired) electrons. The lowest BCUT2D eigenvalue weighted by Crippen LogP contribution is -2.63. The lowest BCUT2D eigenvalue weighted by molar-refractivity contribution is -0.920. The normalized spacial score (nSPS) is 18.9. The van der Waals surface area contributed by atoms with E-state index >= 15 is 0 Å². The molecule has 2 unspecified atom stereocenters. The number of rotatable bonds is 12. The van der Waals surface area contributed by atoms with Gasteiger partial charge in [-0.05, 0) is 49.6 Å². The molecule has 11 nitrogen and oxygen atoms in total. The molecule has 14 heteroatoms. The Kier molecular flexibility index (Phi) is 10.0. The van der Waals surface area contributed by atoms with Crippen molar-refractivity contribution >= 4 is 29.5 Å². The Morgan fingerprint density at radius 2 is 1.73 bits per heavy atom. The van der Waals surface area contributed by atoms with Gasteiger partial charge in [0, 0.05) is 11.9 Å². The number of halogens is 3. The highest BCUT2D eigenvalue weighted by Crippen LogP contribution is 2.34. The molecule has 0 bridgehead atoms. The summed E-state index contributed by atoms with van der Waals surface area (Å²) in [7, 11) is 4.23. The van der Waals surface area contributed by atoms with E-state index < -0.39 is 78.5 Å². The fourth-order valence-corrected chi connectivity index (χ4v) is 5.37. The summed E-state index contributed by atoms with van der Waals surface area (Å²) < 4.78 is 39.7. The van der Waals surface area contributed by atoms with Gasteiger partial charge in [0.25, 0.3) is 0 Å². The number of aromatic nitrogens is 1. The third-order valence-corrected chi connectivity index (χ3v) is 7.00. The number of quaternary nitrogens is 1. The first-order valence-corrected chi connectivity index (χ1v) is 12.7. The van der Waals surface area contributed by atoms with E-state index in [1.54, 1.807) is 24.4 Å². The maximum atomic E-state index is 13.3. The second kappa shape index (κ2) is 13.1. The van der Waals surface area contributed by atoms with Crippen molar-refractivity contribution in [3.63, 3.8) is 0 Å². The Morgan fingerprint density at radius 3 is 2.32 bits per heavy atom. The highest BCUT2D eigenvalue weighted by atomic mass is 19.4. The molecule has 0 spiro atoms. The molecule has 1 aliphatic rings. The number of carboxylic acids is 3. The fraction of sp³-hybridized carbons (Fsp3) is 0.407. The third kappa shape index (κ3) is 8.72. The quantitative estimate of drug-likeness (QED) is 0.218. The third-order valence-electron chi connectivity index (χ3n) is 7.00. The molecule has 1 aromatic carbocycles. The number of hydrogen-bond acceptors (Lipinski definition) is 6. The van der Waals surface area contributed by atoms with Gasteiger partial charge in [-0.3, -0.25) is 19.5 Å². The molecule has 41 heavy (non-hydrogen) atoms. The number of nitrogens with one attached hydrogen (secondary N) is 1. The van der Waals surface area contributed by atoms with Gasteiger partial charge in [-0.15, -0.1) is 7.05 Å². The smallest absolute Gasteiger partial charge is 0.416 e. The summed E-state index contributed by atoms with van der Waals surface area (Å²) in [4.78, 5) is 53.7. The summed E-state index contributed by atoms with van der Waals surface area (Å²) in [6.07, 6.45) is -1.01. The Labute approximate surface area is 233 Å². The monoisotopic (exact) mass is 580 g/mol. The fourth-order valence-electron chi connectivity index (χ4n) is 5.37. The number of aliphatic carboxylic acids is 2. The first-order valence-electron chi connectivity index (χ1n) is 12.7. The zero-order valence-corrected chi connectivity index (χ0v) is 22.0. The van der Waals surface area contributed by atoms with Crippen LogP contribution in [0.3, 0.4) is 0 Å². The van der Waals surface area contributed by atoms with Gasteiger partial charge in [-0.2, -0.15) is 13.2 Å². The van der Waals surface area contributed by atoms with E-state index in [0.717, 1.165) is 6.07 Å². The number of amides is 1. The van der Waals surface area contributed by atoms with Crippen LogP contribution in [0.1, 0.15) is 47.3 Å². The SMILES string of the molecule is [CH2-][N+](CC(=O)O)(Cc1ccccn1)[C@H]1CCCCC1N(CC(=O)O)CC(=O)Nc1cc(C(=O)O)cc(C(F)(F)F)c1. The van der Waals surface area contributed by atoms with Crippen molar-refractivity contribution in [2.24, 2.45) is 0 Å². The van der Waals surface area contributed by atoms with Crippen molar-refractivity contribution in [3.05, 3.63) is 66.5 Å². The highest BCUT2D eigenvalue weighted by molar-refractivity contribution is 5.95. The molecular formula is C27H31F3N4O7. The van der Waals surface area contributed by atoms with E-state index in [2.05, 4.69) is 17.3 Å². The topological polar surface area (TPSA) is 157 Å². The molecule has 1 heterocycles. The second-order valence-electron chi connectivity index (χ2n) is 10.1. The lowest BCUT2D eigenvalue weighted by Gasteiger charge is -2.54. The summed E-state index contributed by atoms with van der Waals surface area (Å²) in [5.74, 6) is -4.88. The van der Waals surface area contributed by atoms with Crippen LogP contribution in [0.25, 0.3) is 0 Å². The van der Waals surface area contributed by atoms with Crippen LogP contribution in [-0.2, 0) is 27.1 Å². The van der Waals surface area contributed by atoms with Crippen molar-refractivity contribution in [2.45, 2.75) is 50.5 Å². The summed E-state index contributed by atoms with van der Waals surface area (Å²) in [5.41, 5.74) is -1.80. The van der Waals surface area contributed by atoms with Gasteiger partial charge in [-0.25, -0.2) is 9.59 Å². The van der Waals surface area contributed by atoms with Gasteiger partial charge in [0.1, 0.15) is 0 Å². The van der Waals surface area contributed by atoms with E-state index in [-0.39, 0.29) is 11.0 Å². The highest BCUT2D eigenvalue weighted by Gasteiger charge is 2.42. The molecule has 1 aromatic heterocycles. The Balaban J connectivity index is 1.91. The van der Waals surface area contributed by atoms with Gasteiger partial charge in [0.05, 0.1) is 48.5 Å². The lowest BCUT2D eigenvalue weighted by atomic mass is 9.86. The molecule has 2 aromatic rings. The zero-order valence-electron chi connectivity index (χ0n) is 22.0. The first kappa shape index (κ1) is 31.5. The van der Waals surface area contributed by atoms with Gasteiger partial charge >= 0.3 is 24.1 Å². The van der Waals surface area contributed by atoms with Crippen LogP contribution in [0.5, 0.6) is 0 Å². The molecule has 3 rings (SSSR count). The number of hydrogen-bond donors (Lipinski definition) is 4. The zero-order chi connectivity index (χ0) is 30.4. The standard InChI is InChI=1S/C27H31F3N4O7/c1-34(16-25(38)39,15-19-6-4-5-9-31-19)22-8-3-2-7-21(22)33(14-24(36)37)13-23(35)32-20-11-17(26(40)41)10-18(12-20)27(28,29)30/h4-6,9-12,21-22H,1-3,7-8,13-16H2,(H,32,35)(H,36,37)(H,38,39)(H,40,41)/t21?,22-,34?/m0/s1. The Hall–Kier alpha value is -4.04. The van der Waals surface area contributed by atoms with Crippen LogP contribution in [-0.4, -0.2) is 85.2 Å². The van der Waals surface area contributed by atoms with E-state index in [1.165, 1.54) is 4.90 Å². The van der Waals surface area contributed by atoms with E-state index in [1.807, 2.05) is 0 Å². The van der Waals surface area contributed by atoms with E-state index in [4.69, 9.17) is 0 Å². The summed E-state index contributed by atoms with van der Waals surface area (Å²) in [6, 6.07) is 5.96. The largest absolute Gasteiger partial charge is 0.480 e. The second-order valence-corrected chi connectivity index (χ2v) is 10.1. The van der Waals surface area contributed by atoms with E-state index in [9.17, 15) is 47.7 Å². The number of carbonyl (C=O) groups excluding carboxylic acids is 1. The van der Waals surface area contributed by atoms with Crippen LogP contribution in [0.2, 0.25) is 0 Å². The number of aromatic carboxylic acids is 1. The van der Waals surface area contributed by atoms with Gasteiger partial charge < -0.3 is 25.1 Å². The predicted molar refractivity (Wildman–Crippen MR) is 138 cm³/mol.